The zero-order valence-electron chi connectivity index (χ0n) is 8.71. The fourth-order valence-corrected chi connectivity index (χ4v) is 2.80. The Labute approximate surface area is 84.0 Å². The van der Waals surface area contributed by atoms with Crippen LogP contribution in [0.4, 0.5) is 0 Å². The molecule has 0 aromatic carbocycles. The summed E-state index contributed by atoms with van der Waals surface area (Å²) in [5, 5.41) is 3.40. The van der Waals surface area contributed by atoms with Gasteiger partial charge >= 0.3 is 5.97 Å². The number of ether oxygens (including phenoxy) is 2. The Morgan fingerprint density at radius 1 is 1.57 bits per heavy atom. The van der Waals surface area contributed by atoms with Gasteiger partial charge in [-0.25, -0.2) is 0 Å². The van der Waals surface area contributed by atoms with E-state index in [4.69, 9.17) is 9.47 Å². The van der Waals surface area contributed by atoms with Crippen LogP contribution in [0, 0.1) is 5.92 Å². The van der Waals surface area contributed by atoms with Crippen molar-refractivity contribution in [2.24, 2.45) is 5.92 Å². The molecule has 0 unspecified atom stereocenters. The van der Waals surface area contributed by atoms with Crippen molar-refractivity contribution >= 4 is 5.97 Å². The van der Waals surface area contributed by atoms with Crippen molar-refractivity contribution in [3.63, 3.8) is 0 Å². The van der Waals surface area contributed by atoms with Gasteiger partial charge < -0.3 is 14.8 Å². The molecule has 80 valence electrons. The Kier molecular flexibility index (Phi) is 2.49. The fraction of sp³-hybridized carbons (Fsp3) is 0.900. The SMILES string of the molecule is COC(=O)C[C@]1(OC)C[C@@H]2NCC[C@@H]21. The summed E-state index contributed by atoms with van der Waals surface area (Å²) in [5.41, 5.74) is -0.249. The van der Waals surface area contributed by atoms with Gasteiger partial charge in [0.1, 0.15) is 0 Å². The molecule has 2 fully saturated rings. The van der Waals surface area contributed by atoms with Gasteiger partial charge in [-0.15, -0.1) is 0 Å². The van der Waals surface area contributed by atoms with Gasteiger partial charge in [0.2, 0.25) is 0 Å². The molecule has 3 atom stereocenters. The Morgan fingerprint density at radius 3 is 2.93 bits per heavy atom. The lowest BCUT2D eigenvalue weighted by atomic mass is 9.64. The van der Waals surface area contributed by atoms with Crippen LogP contribution in [0.25, 0.3) is 0 Å². The number of rotatable bonds is 3. The van der Waals surface area contributed by atoms with Crippen LogP contribution in [-0.2, 0) is 14.3 Å². The predicted octanol–water partition coefficient (Wildman–Crippen LogP) is 0.317. The molecule has 1 heterocycles. The van der Waals surface area contributed by atoms with Crippen LogP contribution in [0.15, 0.2) is 0 Å². The molecule has 0 bridgehead atoms. The third-order valence-electron chi connectivity index (χ3n) is 3.67. The molecule has 1 N–H and O–H groups in total. The quantitative estimate of drug-likeness (QED) is 0.665. The van der Waals surface area contributed by atoms with Gasteiger partial charge in [0, 0.05) is 19.1 Å². The monoisotopic (exact) mass is 199 g/mol. The fourth-order valence-electron chi connectivity index (χ4n) is 2.80. The van der Waals surface area contributed by atoms with Gasteiger partial charge in [-0.1, -0.05) is 0 Å². The highest BCUT2D eigenvalue weighted by Gasteiger charge is 2.57. The van der Waals surface area contributed by atoms with Crippen LogP contribution in [0.5, 0.6) is 0 Å². The van der Waals surface area contributed by atoms with Gasteiger partial charge in [-0.2, -0.15) is 0 Å². The summed E-state index contributed by atoms with van der Waals surface area (Å²) in [7, 11) is 3.12. The number of nitrogens with one attached hydrogen (secondary N) is 1. The van der Waals surface area contributed by atoms with E-state index in [9.17, 15) is 4.79 Å². The number of fused-ring (bicyclic) bond motifs is 1. The predicted molar refractivity (Wildman–Crippen MR) is 50.9 cm³/mol. The molecule has 1 saturated carbocycles. The van der Waals surface area contributed by atoms with E-state index in [0.29, 0.717) is 18.4 Å². The van der Waals surface area contributed by atoms with E-state index < -0.39 is 0 Å². The zero-order valence-corrected chi connectivity index (χ0v) is 8.71. The zero-order chi connectivity index (χ0) is 10.2. The van der Waals surface area contributed by atoms with E-state index in [-0.39, 0.29) is 11.6 Å². The third kappa shape index (κ3) is 1.33. The van der Waals surface area contributed by atoms with Crippen LogP contribution >= 0.6 is 0 Å². The molecule has 0 aromatic heterocycles. The summed E-state index contributed by atoms with van der Waals surface area (Å²) in [4.78, 5) is 11.2. The minimum atomic E-state index is -0.249. The van der Waals surface area contributed by atoms with Gasteiger partial charge in [0.25, 0.3) is 0 Å². The Hall–Kier alpha value is -0.610. The van der Waals surface area contributed by atoms with Crippen LogP contribution in [-0.4, -0.2) is 38.4 Å². The highest BCUT2D eigenvalue weighted by molar-refractivity contribution is 5.71. The van der Waals surface area contributed by atoms with E-state index in [1.165, 1.54) is 7.11 Å². The maximum Gasteiger partial charge on any atom is 0.308 e. The van der Waals surface area contributed by atoms with E-state index >= 15 is 0 Å². The summed E-state index contributed by atoms with van der Waals surface area (Å²) < 4.78 is 10.2. The second-order valence-electron chi connectivity index (χ2n) is 4.18. The van der Waals surface area contributed by atoms with Crippen molar-refractivity contribution in [3.05, 3.63) is 0 Å². The smallest absolute Gasteiger partial charge is 0.308 e. The van der Waals surface area contributed by atoms with E-state index in [0.717, 1.165) is 19.4 Å². The average molecular weight is 199 g/mol. The molecule has 1 aliphatic heterocycles. The molecule has 0 amide bonds. The Morgan fingerprint density at radius 2 is 2.36 bits per heavy atom. The molecule has 1 aliphatic carbocycles. The summed E-state index contributed by atoms with van der Waals surface area (Å²) in [6, 6.07) is 0.555. The average Bonchev–Trinajstić information content (AvgIpc) is 2.57. The van der Waals surface area contributed by atoms with Crippen molar-refractivity contribution in [3.8, 4) is 0 Å². The van der Waals surface area contributed by atoms with Gasteiger partial charge in [0.15, 0.2) is 0 Å². The number of carbonyl (C=O) groups excluding carboxylic acids is 1. The first kappa shape index (κ1) is 9.93. The van der Waals surface area contributed by atoms with E-state index in [2.05, 4.69) is 5.32 Å². The van der Waals surface area contributed by atoms with Crippen LogP contribution < -0.4 is 5.32 Å². The summed E-state index contributed by atoms with van der Waals surface area (Å²) in [6.45, 7) is 1.04. The highest BCUT2D eigenvalue weighted by atomic mass is 16.5. The first-order valence-corrected chi connectivity index (χ1v) is 5.07. The minimum Gasteiger partial charge on any atom is -0.469 e. The number of carbonyl (C=O) groups is 1. The normalized spacial score (nSPS) is 40.1. The molecule has 0 spiro atoms. The van der Waals surface area contributed by atoms with Gasteiger partial charge in [0.05, 0.1) is 19.1 Å². The molecule has 4 nitrogen and oxygen atoms in total. The second-order valence-corrected chi connectivity index (χ2v) is 4.18. The number of hydrogen-bond acceptors (Lipinski definition) is 4. The minimum absolute atomic E-state index is 0.169. The van der Waals surface area contributed by atoms with Crippen LogP contribution in [0.2, 0.25) is 0 Å². The highest BCUT2D eigenvalue weighted by Crippen LogP contribution is 2.48. The van der Waals surface area contributed by atoms with Crippen LogP contribution in [0.1, 0.15) is 19.3 Å². The lowest BCUT2D eigenvalue weighted by Gasteiger charge is -2.50. The standard InChI is InChI=1S/C10H17NO3/c1-13-9(12)6-10(14-2)5-8-7(10)3-4-11-8/h7-8,11H,3-6H2,1-2H3/t7-,8-,10+/m0/s1. The lowest BCUT2D eigenvalue weighted by Crippen LogP contribution is -2.60. The first-order chi connectivity index (χ1) is 6.72. The summed E-state index contributed by atoms with van der Waals surface area (Å²) >= 11 is 0. The molecule has 0 aromatic rings. The lowest BCUT2D eigenvalue weighted by molar-refractivity contribution is -0.167. The maximum atomic E-state index is 11.2. The molecular formula is C10H17NO3. The van der Waals surface area contributed by atoms with Crippen molar-refractivity contribution < 1.29 is 14.3 Å². The van der Waals surface area contributed by atoms with Crippen molar-refractivity contribution in [2.45, 2.75) is 30.9 Å². The van der Waals surface area contributed by atoms with Crippen molar-refractivity contribution in [1.82, 2.24) is 5.32 Å². The first-order valence-electron chi connectivity index (χ1n) is 5.07. The van der Waals surface area contributed by atoms with E-state index in [1.807, 2.05) is 0 Å². The molecule has 14 heavy (non-hydrogen) atoms. The molecule has 0 radical (unpaired) electrons. The van der Waals surface area contributed by atoms with Crippen LogP contribution in [0.3, 0.4) is 0 Å². The number of esters is 1. The number of hydrogen-bond donors (Lipinski definition) is 1. The van der Waals surface area contributed by atoms with Crippen molar-refractivity contribution in [1.29, 1.82) is 0 Å². The second kappa shape index (κ2) is 3.51. The van der Waals surface area contributed by atoms with Crippen molar-refractivity contribution in [2.75, 3.05) is 20.8 Å². The summed E-state index contributed by atoms with van der Waals surface area (Å²) in [6.07, 6.45) is 2.43. The summed E-state index contributed by atoms with van der Waals surface area (Å²) in [5.74, 6) is 0.323. The van der Waals surface area contributed by atoms with Gasteiger partial charge in [-0.3, -0.25) is 4.79 Å². The molecule has 2 rings (SSSR count). The third-order valence-corrected chi connectivity index (χ3v) is 3.67. The Bertz CT molecular complexity index is 244. The molecule has 2 aliphatic rings. The largest absolute Gasteiger partial charge is 0.469 e. The molecule has 4 heteroatoms. The molecular weight excluding hydrogens is 182 g/mol. The van der Waals surface area contributed by atoms with Gasteiger partial charge in [-0.05, 0) is 19.4 Å². The topological polar surface area (TPSA) is 47.6 Å². The Balaban J connectivity index is 2.01. The maximum absolute atomic E-state index is 11.2. The molecule has 1 saturated heterocycles. The van der Waals surface area contributed by atoms with E-state index in [1.54, 1.807) is 7.11 Å². The number of methoxy groups -OCH3 is 2.